The van der Waals surface area contributed by atoms with E-state index >= 15 is 0 Å². The van der Waals surface area contributed by atoms with Crippen LogP contribution in [0.15, 0.2) is 36.4 Å². The number of rotatable bonds is 3. The summed E-state index contributed by atoms with van der Waals surface area (Å²) >= 11 is 1.89. The molecule has 1 aromatic carbocycles. The van der Waals surface area contributed by atoms with Gasteiger partial charge in [0.2, 0.25) is 0 Å². The average Bonchev–Trinajstić information content (AvgIpc) is 2.91. The lowest BCUT2D eigenvalue weighted by atomic mass is 10.1. The number of fused-ring (bicyclic) bond motifs is 1. The van der Waals surface area contributed by atoms with Crippen molar-refractivity contribution in [2.24, 2.45) is 0 Å². The summed E-state index contributed by atoms with van der Waals surface area (Å²) in [5.41, 5.74) is 3.04. The Labute approximate surface area is 106 Å². The number of thiophene rings is 1. The number of aryl methyl sites for hydroxylation is 1. The molecule has 0 fully saturated rings. The van der Waals surface area contributed by atoms with Crippen molar-refractivity contribution in [2.75, 3.05) is 0 Å². The maximum absolute atomic E-state index is 3.67. The first-order valence-corrected chi connectivity index (χ1v) is 6.98. The van der Waals surface area contributed by atoms with Crippen molar-refractivity contribution in [1.82, 2.24) is 5.32 Å². The molecule has 2 aromatic rings. The molecule has 2 heteroatoms. The highest BCUT2D eigenvalue weighted by atomic mass is 32.1. The van der Waals surface area contributed by atoms with Crippen molar-refractivity contribution in [3.8, 4) is 0 Å². The van der Waals surface area contributed by atoms with E-state index in [2.05, 4.69) is 48.6 Å². The first kappa shape index (κ1) is 11.0. The lowest BCUT2D eigenvalue weighted by molar-refractivity contribution is 0.536. The van der Waals surface area contributed by atoms with Gasteiger partial charge >= 0.3 is 0 Å². The van der Waals surface area contributed by atoms with E-state index in [4.69, 9.17) is 0 Å². The lowest BCUT2D eigenvalue weighted by Crippen LogP contribution is -2.28. The van der Waals surface area contributed by atoms with Gasteiger partial charge in [-0.15, -0.1) is 11.3 Å². The Morgan fingerprint density at radius 1 is 1.12 bits per heavy atom. The highest BCUT2D eigenvalue weighted by Gasteiger charge is 2.20. The molecular formula is C15H17NS. The van der Waals surface area contributed by atoms with Gasteiger partial charge < -0.3 is 5.32 Å². The average molecular weight is 243 g/mol. The van der Waals surface area contributed by atoms with Crippen LogP contribution in [-0.2, 0) is 19.4 Å². The Kier molecular flexibility index (Phi) is 3.00. The summed E-state index contributed by atoms with van der Waals surface area (Å²) in [5.74, 6) is 0. The van der Waals surface area contributed by atoms with Gasteiger partial charge in [-0.1, -0.05) is 24.3 Å². The maximum atomic E-state index is 3.67. The second kappa shape index (κ2) is 4.63. The monoisotopic (exact) mass is 243 g/mol. The van der Waals surface area contributed by atoms with E-state index in [0.717, 1.165) is 6.54 Å². The number of benzene rings is 1. The molecule has 1 nitrogen and oxygen atoms in total. The first-order valence-electron chi connectivity index (χ1n) is 6.17. The molecule has 0 atom stereocenters. The summed E-state index contributed by atoms with van der Waals surface area (Å²) in [6.45, 7) is 3.18. The molecule has 0 bridgehead atoms. The predicted molar refractivity (Wildman–Crippen MR) is 73.5 cm³/mol. The second-order valence-corrected chi connectivity index (χ2v) is 6.14. The van der Waals surface area contributed by atoms with E-state index in [1.807, 2.05) is 11.3 Å². The molecule has 1 N–H and O–H groups in total. The summed E-state index contributed by atoms with van der Waals surface area (Å²) in [5, 5.41) is 3.67. The summed E-state index contributed by atoms with van der Waals surface area (Å²) in [6, 6.07) is 13.8. The molecule has 17 heavy (non-hydrogen) atoms. The molecular weight excluding hydrogens is 226 g/mol. The fraction of sp³-hybridized carbons (Fsp3) is 0.333. The lowest BCUT2D eigenvalue weighted by Gasteiger charge is -2.10. The van der Waals surface area contributed by atoms with Gasteiger partial charge in [-0.05, 0) is 43.0 Å². The zero-order valence-corrected chi connectivity index (χ0v) is 10.9. The molecule has 0 saturated carbocycles. The molecule has 1 heterocycles. The van der Waals surface area contributed by atoms with E-state index in [1.54, 1.807) is 0 Å². The summed E-state index contributed by atoms with van der Waals surface area (Å²) in [7, 11) is 0. The van der Waals surface area contributed by atoms with Crippen molar-refractivity contribution in [3.05, 3.63) is 57.3 Å². The molecule has 1 aliphatic rings. The van der Waals surface area contributed by atoms with Crippen molar-refractivity contribution >= 4 is 11.3 Å². The standard InChI is InChI=1S/C15H17NS/c1-11-6-7-15(17-11)10-16-14-8-12-4-2-3-5-13(12)9-14/h2-7,14,16H,8-10H2,1H3. The fourth-order valence-electron chi connectivity index (χ4n) is 2.53. The number of hydrogen-bond donors (Lipinski definition) is 1. The number of nitrogens with one attached hydrogen (secondary N) is 1. The fourth-order valence-corrected chi connectivity index (χ4v) is 3.37. The van der Waals surface area contributed by atoms with Crippen LogP contribution in [0.2, 0.25) is 0 Å². The minimum absolute atomic E-state index is 0.620. The first-order chi connectivity index (χ1) is 8.31. The van der Waals surface area contributed by atoms with Crippen molar-refractivity contribution in [3.63, 3.8) is 0 Å². The Bertz CT molecular complexity index is 490. The molecule has 1 aliphatic carbocycles. The van der Waals surface area contributed by atoms with Crippen LogP contribution in [0.5, 0.6) is 0 Å². The molecule has 0 radical (unpaired) electrons. The second-order valence-electron chi connectivity index (χ2n) is 4.77. The Hall–Kier alpha value is -1.12. The summed E-state index contributed by atoms with van der Waals surface area (Å²) in [6.07, 6.45) is 2.36. The van der Waals surface area contributed by atoms with E-state index < -0.39 is 0 Å². The molecule has 0 aliphatic heterocycles. The zero-order valence-electron chi connectivity index (χ0n) is 10.1. The third-order valence-electron chi connectivity index (χ3n) is 3.41. The van der Waals surface area contributed by atoms with Crippen LogP contribution in [0.25, 0.3) is 0 Å². The zero-order chi connectivity index (χ0) is 11.7. The van der Waals surface area contributed by atoms with Crippen LogP contribution < -0.4 is 5.32 Å². The van der Waals surface area contributed by atoms with Crippen LogP contribution in [0, 0.1) is 6.92 Å². The molecule has 88 valence electrons. The minimum atomic E-state index is 0.620. The Morgan fingerprint density at radius 2 is 1.82 bits per heavy atom. The SMILES string of the molecule is Cc1ccc(CNC2Cc3ccccc3C2)s1. The predicted octanol–water partition coefficient (Wildman–Crippen LogP) is 3.31. The normalized spacial score (nSPS) is 15.1. The maximum Gasteiger partial charge on any atom is 0.0302 e. The van der Waals surface area contributed by atoms with E-state index in [1.165, 1.54) is 33.7 Å². The highest BCUT2D eigenvalue weighted by molar-refractivity contribution is 7.11. The van der Waals surface area contributed by atoms with Gasteiger partial charge in [0.1, 0.15) is 0 Å². The smallest absolute Gasteiger partial charge is 0.0302 e. The summed E-state index contributed by atoms with van der Waals surface area (Å²) < 4.78 is 0. The molecule has 1 aromatic heterocycles. The topological polar surface area (TPSA) is 12.0 Å². The van der Waals surface area contributed by atoms with Gasteiger partial charge in [-0.3, -0.25) is 0 Å². The molecule has 0 amide bonds. The molecule has 0 unspecified atom stereocenters. The van der Waals surface area contributed by atoms with Gasteiger partial charge in [-0.2, -0.15) is 0 Å². The third-order valence-corrected chi connectivity index (χ3v) is 4.41. The highest BCUT2D eigenvalue weighted by Crippen LogP contribution is 2.22. The van der Waals surface area contributed by atoms with Gasteiger partial charge in [-0.25, -0.2) is 0 Å². The number of hydrogen-bond acceptors (Lipinski definition) is 2. The minimum Gasteiger partial charge on any atom is -0.308 e. The van der Waals surface area contributed by atoms with Gasteiger partial charge in [0.25, 0.3) is 0 Å². The van der Waals surface area contributed by atoms with Crippen LogP contribution in [0.3, 0.4) is 0 Å². The van der Waals surface area contributed by atoms with Crippen LogP contribution >= 0.6 is 11.3 Å². The van der Waals surface area contributed by atoms with E-state index in [9.17, 15) is 0 Å². The van der Waals surface area contributed by atoms with E-state index in [-0.39, 0.29) is 0 Å². The largest absolute Gasteiger partial charge is 0.308 e. The molecule has 3 rings (SSSR count). The third kappa shape index (κ3) is 2.43. The Morgan fingerprint density at radius 3 is 2.41 bits per heavy atom. The quantitative estimate of drug-likeness (QED) is 0.872. The van der Waals surface area contributed by atoms with Crippen LogP contribution in [-0.4, -0.2) is 6.04 Å². The van der Waals surface area contributed by atoms with Gasteiger partial charge in [0.15, 0.2) is 0 Å². The van der Waals surface area contributed by atoms with Crippen molar-refractivity contribution < 1.29 is 0 Å². The molecule has 0 spiro atoms. The van der Waals surface area contributed by atoms with E-state index in [0.29, 0.717) is 6.04 Å². The van der Waals surface area contributed by atoms with Crippen LogP contribution in [0.4, 0.5) is 0 Å². The molecule has 0 saturated heterocycles. The van der Waals surface area contributed by atoms with Gasteiger partial charge in [0, 0.05) is 22.3 Å². The van der Waals surface area contributed by atoms with Crippen LogP contribution in [0.1, 0.15) is 20.9 Å². The van der Waals surface area contributed by atoms with Gasteiger partial charge in [0.05, 0.1) is 0 Å². The summed E-state index contributed by atoms with van der Waals surface area (Å²) in [4.78, 5) is 2.84. The Balaban J connectivity index is 1.59. The van der Waals surface area contributed by atoms with Crippen molar-refractivity contribution in [1.29, 1.82) is 0 Å². The van der Waals surface area contributed by atoms with Crippen molar-refractivity contribution in [2.45, 2.75) is 32.4 Å².